The Morgan fingerprint density at radius 1 is 1.00 bits per heavy atom. The SMILES string of the molecule is Cc1nc(-c2ccccn2)sc1C(=O)N1CCN(Cc2nc3ccccc3s2)CC1. The number of amides is 1. The minimum Gasteiger partial charge on any atom is -0.335 e. The van der Waals surface area contributed by atoms with E-state index in [1.807, 2.05) is 36.1 Å². The van der Waals surface area contributed by atoms with Crippen LogP contribution in [0.25, 0.3) is 20.9 Å². The Labute approximate surface area is 182 Å². The Balaban J connectivity index is 1.23. The van der Waals surface area contributed by atoms with Gasteiger partial charge in [0.1, 0.15) is 14.9 Å². The van der Waals surface area contributed by atoms with Crippen molar-refractivity contribution in [2.45, 2.75) is 13.5 Å². The minimum absolute atomic E-state index is 0.0758. The van der Waals surface area contributed by atoms with Gasteiger partial charge in [0.05, 0.1) is 28.1 Å². The molecule has 3 aromatic heterocycles. The van der Waals surface area contributed by atoms with Crippen LogP contribution in [0.4, 0.5) is 0 Å². The first kappa shape index (κ1) is 19.3. The molecule has 152 valence electrons. The van der Waals surface area contributed by atoms with Gasteiger partial charge in [-0.2, -0.15) is 0 Å². The molecule has 1 fully saturated rings. The molecule has 1 amide bonds. The highest BCUT2D eigenvalue weighted by Crippen LogP contribution is 2.28. The highest BCUT2D eigenvalue weighted by Gasteiger charge is 2.26. The van der Waals surface area contributed by atoms with Gasteiger partial charge in [-0.3, -0.25) is 14.7 Å². The fourth-order valence-corrected chi connectivity index (χ4v) is 5.65. The predicted molar refractivity (Wildman–Crippen MR) is 121 cm³/mol. The highest BCUT2D eigenvalue weighted by molar-refractivity contribution is 7.18. The predicted octanol–water partition coefficient (Wildman–Crippen LogP) is 4.08. The maximum absolute atomic E-state index is 13.1. The lowest BCUT2D eigenvalue weighted by atomic mass is 10.2. The first-order chi connectivity index (χ1) is 14.7. The number of nitrogens with zero attached hydrogens (tertiary/aromatic N) is 5. The lowest BCUT2D eigenvalue weighted by Gasteiger charge is -2.34. The third-order valence-corrected chi connectivity index (χ3v) is 7.42. The molecule has 0 aliphatic carbocycles. The first-order valence-corrected chi connectivity index (χ1v) is 11.6. The van der Waals surface area contributed by atoms with Crippen LogP contribution >= 0.6 is 22.7 Å². The van der Waals surface area contributed by atoms with Gasteiger partial charge in [0.2, 0.25) is 0 Å². The summed E-state index contributed by atoms with van der Waals surface area (Å²) in [6.07, 6.45) is 1.75. The van der Waals surface area contributed by atoms with Crippen molar-refractivity contribution in [3.05, 3.63) is 64.2 Å². The summed E-state index contributed by atoms with van der Waals surface area (Å²) in [5, 5.41) is 1.93. The van der Waals surface area contributed by atoms with Crippen molar-refractivity contribution >= 4 is 38.8 Å². The number of pyridine rings is 1. The van der Waals surface area contributed by atoms with Crippen LogP contribution < -0.4 is 0 Å². The van der Waals surface area contributed by atoms with Crippen LogP contribution in [0.1, 0.15) is 20.4 Å². The number of fused-ring (bicyclic) bond motifs is 1. The zero-order chi connectivity index (χ0) is 20.5. The number of hydrogen-bond donors (Lipinski definition) is 0. The van der Waals surface area contributed by atoms with Crippen LogP contribution in [0.2, 0.25) is 0 Å². The van der Waals surface area contributed by atoms with Crippen LogP contribution in [0.5, 0.6) is 0 Å². The van der Waals surface area contributed by atoms with E-state index in [4.69, 9.17) is 4.98 Å². The topological polar surface area (TPSA) is 62.2 Å². The van der Waals surface area contributed by atoms with E-state index in [0.29, 0.717) is 0 Å². The molecule has 1 aromatic carbocycles. The van der Waals surface area contributed by atoms with E-state index in [0.717, 1.165) is 64.5 Å². The van der Waals surface area contributed by atoms with Crippen molar-refractivity contribution in [2.75, 3.05) is 26.2 Å². The molecule has 5 rings (SSSR count). The Bertz CT molecular complexity index is 1150. The van der Waals surface area contributed by atoms with Gasteiger partial charge < -0.3 is 4.90 Å². The van der Waals surface area contributed by atoms with Crippen molar-refractivity contribution < 1.29 is 4.79 Å². The lowest BCUT2D eigenvalue weighted by Crippen LogP contribution is -2.48. The molecule has 0 atom stereocenters. The van der Waals surface area contributed by atoms with Crippen LogP contribution in [-0.2, 0) is 6.54 Å². The van der Waals surface area contributed by atoms with E-state index in [1.54, 1.807) is 17.5 Å². The number of thiazole rings is 2. The van der Waals surface area contributed by atoms with E-state index >= 15 is 0 Å². The van der Waals surface area contributed by atoms with Crippen molar-refractivity contribution in [1.29, 1.82) is 0 Å². The summed E-state index contributed by atoms with van der Waals surface area (Å²) in [6, 6.07) is 14.0. The molecule has 0 unspecified atom stereocenters. The number of carbonyl (C=O) groups is 1. The second-order valence-electron chi connectivity index (χ2n) is 7.29. The zero-order valence-corrected chi connectivity index (χ0v) is 18.2. The average Bonchev–Trinajstić information content (AvgIpc) is 3.37. The standard InChI is InChI=1S/C22H21N5OS2/c1-15-20(30-21(24-15)17-7-4-5-9-23-17)22(28)27-12-10-26(11-13-27)14-19-25-16-6-2-3-8-18(16)29-19/h2-9H,10-14H2,1H3. The van der Waals surface area contributed by atoms with E-state index in [9.17, 15) is 4.79 Å². The van der Waals surface area contributed by atoms with Crippen LogP contribution in [0.3, 0.4) is 0 Å². The molecule has 1 aliphatic rings. The Morgan fingerprint density at radius 3 is 2.57 bits per heavy atom. The minimum atomic E-state index is 0.0758. The normalized spacial score (nSPS) is 15.0. The largest absolute Gasteiger partial charge is 0.335 e. The molecule has 4 aromatic rings. The smallest absolute Gasteiger partial charge is 0.265 e. The summed E-state index contributed by atoms with van der Waals surface area (Å²) >= 11 is 3.19. The van der Waals surface area contributed by atoms with Gasteiger partial charge in [0.25, 0.3) is 5.91 Å². The number of benzene rings is 1. The number of para-hydroxylation sites is 1. The molecule has 0 bridgehead atoms. The molecule has 8 heteroatoms. The van der Waals surface area contributed by atoms with Gasteiger partial charge in [-0.15, -0.1) is 22.7 Å². The van der Waals surface area contributed by atoms with Gasteiger partial charge in [-0.25, -0.2) is 9.97 Å². The second kappa shape index (κ2) is 8.22. The molecule has 30 heavy (non-hydrogen) atoms. The third-order valence-electron chi connectivity index (χ3n) is 5.23. The number of carbonyl (C=O) groups excluding carboxylic acids is 1. The summed E-state index contributed by atoms with van der Waals surface area (Å²) in [5.74, 6) is 0.0758. The van der Waals surface area contributed by atoms with Gasteiger partial charge in [-0.1, -0.05) is 18.2 Å². The second-order valence-corrected chi connectivity index (χ2v) is 9.41. The monoisotopic (exact) mass is 435 g/mol. The zero-order valence-electron chi connectivity index (χ0n) is 16.6. The van der Waals surface area contributed by atoms with E-state index in [1.165, 1.54) is 16.0 Å². The van der Waals surface area contributed by atoms with Crippen molar-refractivity contribution in [3.63, 3.8) is 0 Å². The van der Waals surface area contributed by atoms with E-state index in [-0.39, 0.29) is 5.91 Å². The van der Waals surface area contributed by atoms with Crippen molar-refractivity contribution in [1.82, 2.24) is 24.8 Å². The van der Waals surface area contributed by atoms with Gasteiger partial charge >= 0.3 is 0 Å². The number of rotatable bonds is 4. The summed E-state index contributed by atoms with van der Waals surface area (Å²) in [6.45, 7) is 5.89. The van der Waals surface area contributed by atoms with Crippen LogP contribution in [-0.4, -0.2) is 56.8 Å². The van der Waals surface area contributed by atoms with E-state index in [2.05, 4.69) is 33.1 Å². The molecule has 0 saturated carbocycles. The van der Waals surface area contributed by atoms with Crippen molar-refractivity contribution in [2.24, 2.45) is 0 Å². The van der Waals surface area contributed by atoms with Gasteiger partial charge in [0.15, 0.2) is 0 Å². The Morgan fingerprint density at radius 2 is 1.80 bits per heavy atom. The summed E-state index contributed by atoms with van der Waals surface area (Å²) in [4.78, 5) is 31.8. The maximum atomic E-state index is 13.1. The van der Waals surface area contributed by atoms with Gasteiger partial charge in [-0.05, 0) is 31.2 Å². The molecule has 1 aliphatic heterocycles. The maximum Gasteiger partial charge on any atom is 0.265 e. The average molecular weight is 436 g/mol. The summed E-state index contributed by atoms with van der Waals surface area (Å²) < 4.78 is 1.23. The Kier molecular flexibility index (Phi) is 5.28. The summed E-state index contributed by atoms with van der Waals surface area (Å²) in [5.41, 5.74) is 2.66. The van der Waals surface area contributed by atoms with E-state index < -0.39 is 0 Å². The first-order valence-electron chi connectivity index (χ1n) is 9.92. The number of aryl methyl sites for hydroxylation is 1. The molecular formula is C22H21N5OS2. The fraction of sp³-hybridized carbons (Fsp3) is 0.273. The van der Waals surface area contributed by atoms with Crippen LogP contribution in [0.15, 0.2) is 48.7 Å². The number of piperazine rings is 1. The summed E-state index contributed by atoms with van der Waals surface area (Å²) in [7, 11) is 0. The molecule has 1 saturated heterocycles. The third kappa shape index (κ3) is 3.86. The van der Waals surface area contributed by atoms with Gasteiger partial charge in [0, 0.05) is 32.4 Å². The van der Waals surface area contributed by atoms with Crippen molar-refractivity contribution in [3.8, 4) is 10.7 Å². The molecule has 6 nitrogen and oxygen atoms in total. The Hall–Kier alpha value is -2.68. The molecule has 0 N–H and O–H groups in total. The lowest BCUT2D eigenvalue weighted by molar-refractivity contribution is 0.0632. The molecular weight excluding hydrogens is 414 g/mol. The van der Waals surface area contributed by atoms with Crippen LogP contribution in [0, 0.1) is 6.92 Å². The quantitative estimate of drug-likeness (QED) is 0.483. The number of hydrogen-bond acceptors (Lipinski definition) is 7. The molecule has 0 radical (unpaired) electrons. The number of aromatic nitrogens is 3. The fourth-order valence-electron chi connectivity index (χ4n) is 3.63. The molecule has 0 spiro atoms. The highest BCUT2D eigenvalue weighted by atomic mass is 32.1. The molecule has 4 heterocycles.